The number of rotatable bonds is 2. The summed E-state index contributed by atoms with van der Waals surface area (Å²) in [6, 6.07) is 8.94. The number of halogens is 3. The third-order valence-corrected chi connectivity index (χ3v) is 3.48. The lowest BCUT2D eigenvalue weighted by Gasteiger charge is -2.09. The fraction of sp³-hybridized carbons (Fsp3) is 0.154. The van der Waals surface area contributed by atoms with Gasteiger partial charge < -0.3 is 0 Å². The number of ketones is 1. The van der Waals surface area contributed by atoms with Gasteiger partial charge in [0.25, 0.3) is 0 Å². The largest absolute Gasteiger partial charge is 0.293 e. The van der Waals surface area contributed by atoms with Gasteiger partial charge in [-0.1, -0.05) is 57.3 Å². The fourth-order valence-electron chi connectivity index (χ4n) is 1.74. The lowest BCUT2D eigenvalue weighted by Crippen LogP contribution is -2.10. The molecule has 0 aliphatic heterocycles. The van der Waals surface area contributed by atoms with E-state index in [0.29, 0.717) is 15.6 Å². The normalized spacial score (nSPS) is 12.7. The van der Waals surface area contributed by atoms with Crippen LogP contribution in [0.4, 0.5) is 0 Å². The van der Waals surface area contributed by atoms with Crippen LogP contribution in [-0.4, -0.2) is 10.6 Å². The molecule has 0 bridgehead atoms. The maximum Gasteiger partial charge on any atom is 0.176 e. The predicted molar refractivity (Wildman–Crippen MR) is 76.7 cm³/mol. The fourth-order valence-corrected chi connectivity index (χ4v) is 2.54. The summed E-state index contributed by atoms with van der Waals surface area (Å²) in [6.07, 6.45) is 0. The van der Waals surface area contributed by atoms with Crippen LogP contribution in [-0.2, 0) is 0 Å². The highest BCUT2D eigenvalue weighted by Crippen LogP contribution is 2.31. The second-order valence-electron chi connectivity index (χ2n) is 3.77. The molecule has 1 nitrogen and oxygen atoms in total. The van der Waals surface area contributed by atoms with Gasteiger partial charge in [0.2, 0.25) is 0 Å². The van der Waals surface area contributed by atoms with Gasteiger partial charge in [-0.15, -0.1) is 0 Å². The lowest BCUT2D eigenvalue weighted by atomic mass is 10.0. The Morgan fingerprint density at radius 2 is 1.94 bits per heavy atom. The average Bonchev–Trinajstić information content (AvgIpc) is 2.27. The Balaban J connectivity index is 2.77. The van der Waals surface area contributed by atoms with E-state index in [2.05, 4.69) is 15.9 Å². The number of fused-ring (bicyclic) bond motifs is 1. The zero-order valence-electron chi connectivity index (χ0n) is 9.01. The molecule has 0 saturated heterocycles. The van der Waals surface area contributed by atoms with E-state index in [9.17, 15) is 4.79 Å². The van der Waals surface area contributed by atoms with Crippen molar-refractivity contribution >= 4 is 55.7 Å². The Labute approximate surface area is 118 Å². The third kappa shape index (κ3) is 2.49. The molecule has 0 aromatic heterocycles. The molecule has 0 amide bonds. The number of Topliss-reactive ketones (excluding diaryl/α,β-unsaturated/α-hetero) is 1. The summed E-state index contributed by atoms with van der Waals surface area (Å²) < 4.78 is 0. The van der Waals surface area contributed by atoms with Gasteiger partial charge in [0.05, 0.1) is 4.83 Å². The summed E-state index contributed by atoms with van der Waals surface area (Å²) in [5.41, 5.74) is 0.635. The van der Waals surface area contributed by atoms with Crippen molar-refractivity contribution in [3.05, 3.63) is 45.9 Å². The zero-order valence-corrected chi connectivity index (χ0v) is 12.1. The monoisotopic (exact) mass is 330 g/mol. The smallest absolute Gasteiger partial charge is 0.176 e. The van der Waals surface area contributed by atoms with E-state index in [0.717, 1.165) is 10.8 Å². The highest BCUT2D eigenvalue weighted by atomic mass is 79.9. The number of hydrogen-bond donors (Lipinski definition) is 0. The van der Waals surface area contributed by atoms with E-state index < -0.39 is 0 Å². The van der Waals surface area contributed by atoms with Gasteiger partial charge in [-0.2, -0.15) is 0 Å². The van der Waals surface area contributed by atoms with Crippen molar-refractivity contribution in [1.82, 2.24) is 0 Å². The summed E-state index contributed by atoms with van der Waals surface area (Å²) in [5.74, 6) is 0.0222. The van der Waals surface area contributed by atoms with Crippen molar-refractivity contribution in [3.8, 4) is 0 Å². The predicted octanol–water partition coefficient (Wildman–Crippen LogP) is 5.11. The first-order chi connectivity index (χ1) is 8.00. The van der Waals surface area contributed by atoms with Gasteiger partial charge in [-0.3, -0.25) is 4.79 Å². The summed E-state index contributed by atoms with van der Waals surface area (Å²) in [5, 5.41) is 2.73. The van der Waals surface area contributed by atoms with Crippen molar-refractivity contribution in [1.29, 1.82) is 0 Å². The van der Waals surface area contributed by atoms with Crippen molar-refractivity contribution in [3.63, 3.8) is 0 Å². The molecular formula is C13H9BrCl2O. The molecule has 17 heavy (non-hydrogen) atoms. The van der Waals surface area contributed by atoms with Crippen LogP contribution in [0.15, 0.2) is 30.3 Å². The van der Waals surface area contributed by atoms with Gasteiger partial charge in [0.15, 0.2) is 5.78 Å². The standard InChI is InChI=1S/C13H9BrCl2O/c1-7(14)13(17)10-4-2-3-9-11(10)5-8(15)6-12(9)16/h2-7H,1H3. The Hall–Kier alpha value is -0.570. The van der Waals surface area contributed by atoms with Crippen LogP contribution in [0.3, 0.4) is 0 Å². The van der Waals surface area contributed by atoms with Gasteiger partial charge in [0.1, 0.15) is 0 Å². The van der Waals surface area contributed by atoms with Crippen LogP contribution >= 0.6 is 39.1 Å². The van der Waals surface area contributed by atoms with Gasteiger partial charge in [-0.25, -0.2) is 0 Å². The van der Waals surface area contributed by atoms with E-state index in [1.54, 1.807) is 25.1 Å². The first-order valence-corrected chi connectivity index (χ1v) is 6.74. The molecule has 0 aliphatic carbocycles. The molecule has 1 unspecified atom stereocenters. The maximum absolute atomic E-state index is 12.0. The van der Waals surface area contributed by atoms with Crippen LogP contribution < -0.4 is 0 Å². The number of carbonyl (C=O) groups is 1. The molecule has 2 aromatic carbocycles. The Morgan fingerprint density at radius 3 is 2.59 bits per heavy atom. The van der Waals surface area contributed by atoms with Crippen molar-refractivity contribution in [2.45, 2.75) is 11.8 Å². The van der Waals surface area contributed by atoms with Gasteiger partial charge >= 0.3 is 0 Å². The number of alkyl halides is 1. The molecule has 0 spiro atoms. The maximum atomic E-state index is 12.0. The molecule has 4 heteroatoms. The molecule has 0 radical (unpaired) electrons. The Morgan fingerprint density at radius 1 is 1.24 bits per heavy atom. The first-order valence-electron chi connectivity index (χ1n) is 5.07. The molecule has 0 aliphatic rings. The summed E-state index contributed by atoms with van der Waals surface area (Å²) in [6.45, 7) is 1.80. The number of carbonyl (C=O) groups excluding carboxylic acids is 1. The average molecular weight is 332 g/mol. The van der Waals surface area contributed by atoms with Crippen LogP contribution in [0, 0.1) is 0 Å². The van der Waals surface area contributed by atoms with Crippen LogP contribution in [0.2, 0.25) is 10.0 Å². The van der Waals surface area contributed by atoms with E-state index in [4.69, 9.17) is 23.2 Å². The molecule has 88 valence electrons. The second-order valence-corrected chi connectivity index (χ2v) is 5.99. The number of hydrogen-bond acceptors (Lipinski definition) is 1. The number of benzene rings is 2. The molecule has 2 rings (SSSR count). The SMILES string of the molecule is CC(Br)C(=O)c1cccc2c(Cl)cc(Cl)cc12. The zero-order chi connectivity index (χ0) is 12.6. The van der Waals surface area contributed by atoms with E-state index >= 15 is 0 Å². The van der Waals surface area contributed by atoms with Crippen LogP contribution in [0.25, 0.3) is 10.8 Å². The molecule has 1 atom stereocenters. The van der Waals surface area contributed by atoms with Crippen molar-refractivity contribution in [2.75, 3.05) is 0 Å². The van der Waals surface area contributed by atoms with E-state index in [-0.39, 0.29) is 10.6 Å². The topological polar surface area (TPSA) is 17.1 Å². The van der Waals surface area contributed by atoms with Crippen LogP contribution in [0.1, 0.15) is 17.3 Å². The molecular weight excluding hydrogens is 323 g/mol. The minimum absolute atomic E-state index is 0.0222. The van der Waals surface area contributed by atoms with Crippen molar-refractivity contribution < 1.29 is 4.79 Å². The summed E-state index contributed by atoms with van der Waals surface area (Å²) >= 11 is 15.4. The van der Waals surface area contributed by atoms with E-state index in [1.165, 1.54) is 0 Å². The molecule has 0 heterocycles. The molecule has 0 saturated carbocycles. The van der Waals surface area contributed by atoms with E-state index in [1.807, 2.05) is 12.1 Å². The van der Waals surface area contributed by atoms with Gasteiger partial charge in [-0.05, 0) is 24.4 Å². The second kappa shape index (κ2) is 4.97. The lowest BCUT2D eigenvalue weighted by molar-refractivity contribution is 0.0997. The molecule has 0 fully saturated rings. The summed E-state index contributed by atoms with van der Waals surface area (Å²) in [4.78, 5) is 11.8. The highest BCUT2D eigenvalue weighted by molar-refractivity contribution is 9.10. The summed E-state index contributed by atoms with van der Waals surface area (Å²) in [7, 11) is 0. The van der Waals surface area contributed by atoms with Crippen LogP contribution in [0.5, 0.6) is 0 Å². The Kier molecular flexibility index (Phi) is 3.76. The quantitative estimate of drug-likeness (QED) is 0.552. The van der Waals surface area contributed by atoms with Gasteiger partial charge in [0, 0.05) is 21.0 Å². The highest BCUT2D eigenvalue weighted by Gasteiger charge is 2.15. The van der Waals surface area contributed by atoms with Crippen molar-refractivity contribution in [2.24, 2.45) is 0 Å². The molecule has 0 N–H and O–H groups in total. The first kappa shape index (κ1) is 12.9. The molecule has 2 aromatic rings. The third-order valence-electron chi connectivity index (χ3n) is 2.54. The minimum Gasteiger partial charge on any atom is -0.293 e. The minimum atomic E-state index is -0.231. The Bertz CT molecular complexity index is 593.